The van der Waals surface area contributed by atoms with Gasteiger partial charge in [0.15, 0.2) is 0 Å². The number of ether oxygens (including phenoxy) is 2. The number of hydrogen-bond acceptors (Lipinski definition) is 3. The maximum absolute atomic E-state index is 12.9. The van der Waals surface area contributed by atoms with Crippen LogP contribution in [0.25, 0.3) is 0 Å². The van der Waals surface area contributed by atoms with Gasteiger partial charge in [-0.1, -0.05) is 33.8 Å². The number of fused-ring (bicyclic) bond motifs is 3. The molecule has 1 saturated heterocycles. The Balaban J connectivity index is 1.67. The lowest BCUT2D eigenvalue weighted by molar-refractivity contribution is -0.164. The third-order valence-electron chi connectivity index (χ3n) is 8.16. The predicted octanol–water partition coefficient (Wildman–Crippen LogP) is 5.72. The van der Waals surface area contributed by atoms with Gasteiger partial charge in [-0.15, -0.1) is 0 Å². The lowest BCUT2D eigenvalue weighted by Gasteiger charge is -2.59. The summed E-state index contributed by atoms with van der Waals surface area (Å²) >= 11 is 0. The fraction of sp³-hybridized carbons (Fsp3) is 0.708. The van der Waals surface area contributed by atoms with E-state index in [1.54, 1.807) is 6.26 Å². The molecule has 27 heavy (non-hydrogen) atoms. The molecule has 4 aliphatic rings. The van der Waals surface area contributed by atoms with Crippen molar-refractivity contribution in [3.8, 4) is 0 Å². The molecule has 2 unspecified atom stereocenters. The van der Waals surface area contributed by atoms with Crippen LogP contribution < -0.4 is 0 Å². The van der Waals surface area contributed by atoms with E-state index in [2.05, 4.69) is 47.3 Å². The molecule has 3 nitrogen and oxygen atoms in total. The molecule has 0 aromatic rings. The Kier molecular flexibility index (Phi) is 4.18. The first-order chi connectivity index (χ1) is 12.6. The number of rotatable bonds is 2. The van der Waals surface area contributed by atoms with Crippen LogP contribution in [0, 0.1) is 22.7 Å². The summed E-state index contributed by atoms with van der Waals surface area (Å²) in [5, 5.41) is 0. The predicted molar refractivity (Wildman–Crippen MR) is 107 cm³/mol. The van der Waals surface area contributed by atoms with Crippen LogP contribution in [0.1, 0.15) is 73.1 Å². The first-order valence-corrected chi connectivity index (χ1v) is 10.5. The summed E-state index contributed by atoms with van der Waals surface area (Å²) in [5.74, 6) is 0.555. The monoisotopic (exact) mass is 370 g/mol. The highest BCUT2D eigenvalue weighted by Gasteiger charge is 2.65. The molecule has 3 heteroatoms. The molecule has 2 saturated carbocycles. The Labute approximate surface area is 163 Å². The smallest absolute Gasteiger partial charge is 0.338 e. The van der Waals surface area contributed by atoms with Gasteiger partial charge in [-0.25, -0.2) is 4.79 Å². The fourth-order valence-corrected chi connectivity index (χ4v) is 6.91. The number of carbonyl (C=O) groups excluding carboxylic acids is 1. The zero-order chi connectivity index (χ0) is 19.6. The standard InChI is InChI=1S/C24H34O3/c1-15-12-17(13-16(15)2)26-14-18-20-23(5)10-7-9-22(3,4)19(23)8-11-24(20,6)27-21(18)25/h13-14,17,19-20H,1,7-12H2,2-6H3/b18-14-/t17?,19?,20-,23+,24-/m1/s1. The van der Waals surface area contributed by atoms with Gasteiger partial charge >= 0.3 is 5.97 Å². The van der Waals surface area contributed by atoms with Gasteiger partial charge in [0.1, 0.15) is 11.7 Å². The van der Waals surface area contributed by atoms with Gasteiger partial charge in [-0.3, -0.25) is 0 Å². The Bertz CT molecular complexity index is 743. The van der Waals surface area contributed by atoms with Crippen molar-refractivity contribution in [2.24, 2.45) is 22.7 Å². The lowest BCUT2D eigenvalue weighted by Crippen LogP contribution is -2.56. The normalized spacial score (nSPS) is 44.6. The second-order valence-electron chi connectivity index (χ2n) is 10.5. The summed E-state index contributed by atoms with van der Waals surface area (Å²) in [4.78, 5) is 12.9. The highest BCUT2D eigenvalue weighted by atomic mass is 16.6. The van der Waals surface area contributed by atoms with E-state index in [0.29, 0.717) is 11.3 Å². The van der Waals surface area contributed by atoms with Crippen LogP contribution in [0.5, 0.6) is 0 Å². The second-order valence-corrected chi connectivity index (χ2v) is 10.5. The molecule has 0 amide bonds. The van der Waals surface area contributed by atoms with Crippen molar-refractivity contribution in [2.75, 3.05) is 0 Å². The van der Waals surface area contributed by atoms with Gasteiger partial charge in [0.2, 0.25) is 0 Å². The minimum atomic E-state index is -0.393. The topological polar surface area (TPSA) is 35.5 Å². The molecule has 0 N–H and O–H groups in total. The van der Waals surface area contributed by atoms with Crippen molar-refractivity contribution >= 4 is 5.97 Å². The van der Waals surface area contributed by atoms with Gasteiger partial charge in [-0.2, -0.15) is 0 Å². The maximum atomic E-state index is 12.9. The van der Waals surface area contributed by atoms with E-state index in [4.69, 9.17) is 9.47 Å². The minimum Gasteiger partial charge on any atom is -0.493 e. The molecule has 3 fully saturated rings. The van der Waals surface area contributed by atoms with Gasteiger partial charge in [0.05, 0.1) is 11.8 Å². The SMILES string of the molecule is C=C1CC(O/C=C2\C(=O)O[C@]3(C)CCC4C(C)(C)CCC[C@]4(C)[C@@H]23)C=C1C. The third kappa shape index (κ3) is 2.80. The Morgan fingerprint density at radius 1 is 1.22 bits per heavy atom. The first kappa shape index (κ1) is 18.8. The maximum Gasteiger partial charge on any atom is 0.338 e. The average Bonchev–Trinajstić information content (AvgIpc) is 3.00. The number of esters is 1. The van der Waals surface area contributed by atoms with E-state index >= 15 is 0 Å². The summed E-state index contributed by atoms with van der Waals surface area (Å²) in [6.45, 7) is 15.5. The van der Waals surface area contributed by atoms with Crippen molar-refractivity contribution in [1.29, 1.82) is 0 Å². The first-order valence-electron chi connectivity index (χ1n) is 10.5. The molecular formula is C24H34O3. The van der Waals surface area contributed by atoms with Gasteiger partial charge in [0.25, 0.3) is 0 Å². The summed E-state index contributed by atoms with van der Waals surface area (Å²) in [6, 6.07) is 0. The summed E-state index contributed by atoms with van der Waals surface area (Å²) in [6.07, 6.45) is 10.4. The number of carbonyl (C=O) groups is 1. The van der Waals surface area contributed by atoms with E-state index in [0.717, 1.165) is 36.8 Å². The van der Waals surface area contributed by atoms with E-state index in [-0.39, 0.29) is 23.4 Å². The fourth-order valence-electron chi connectivity index (χ4n) is 6.91. The summed E-state index contributed by atoms with van der Waals surface area (Å²) < 4.78 is 12.1. The molecule has 1 aliphatic heterocycles. The molecule has 0 aromatic carbocycles. The molecule has 0 bridgehead atoms. The van der Waals surface area contributed by atoms with E-state index in [1.165, 1.54) is 18.4 Å². The Morgan fingerprint density at radius 3 is 2.63 bits per heavy atom. The molecule has 148 valence electrons. The Morgan fingerprint density at radius 2 is 1.96 bits per heavy atom. The van der Waals surface area contributed by atoms with E-state index in [9.17, 15) is 4.79 Å². The summed E-state index contributed by atoms with van der Waals surface area (Å²) in [7, 11) is 0. The van der Waals surface area contributed by atoms with E-state index < -0.39 is 5.60 Å². The average molecular weight is 371 g/mol. The third-order valence-corrected chi connectivity index (χ3v) is 8.16. The van der Waals surface area contributed by atoms with Crippen LogP contribution in [0.4, 0.5) is 0 Å². The zero-order valence-corrected chi connectivity index (χ0v) is 17.6. The Hall–Kier alpha value is -1.51. The van der Waals surface area contributed by atoms with Gasteiger partial charge in [-0.05, 0) is 73.5 Å². The lowest BCUT2D eigenvalue weighted by atomic mass is 9.45. The minimum absolute atomic E-state index is 0.0142. The van der Waals surface area contributed by atoms with Crippen molar-refractivity contribution in [3.05, 3.63) is 35.6 Å². The van der Waals surface area contributed by atoms with Crippen LogP contribution in [-0.2, 0) is 14.3 Å². The number of allylic oxidation sites excluding steroid dienone is 1. The summed E-state index contributed by atoms with van der Waals surface area (Å²) in [5.41, 5.74) is 3.07. The van der Waals surface area contributed by atoms with Crippen molar-refractivity contribution in [1.82, 2.24) is 0 Å². The van der Waals surface area contributed by atoms with Crippen LogP contribution in [0.15, 0.2) is 35.6 Å². The molecule has 5 atom stereocenters. The van der Waals surface area contributed by atoms with Crippen molar-refractivity contribution in [3.63, 3.8) is 0 Å². The van der Waals surface area contributed by atoms with Crippen LogP contribution in [-0.4, -0.2) is 17.7 Å². The van der Waals surface area contributed by atoms with Crippen LogP contribution >= 0.6 is 0 Å². The molecule has 1 heterocycles. The molecular weight excluding hydrogens is 336 g/mol. The molecule has 0 radical (unpaired) electrons. The van der Waals surface area contributed by atoms with Crippen LogP contribution in [0.3, 0.4) is 0 Å². The molecule has 4 rings (SSSR count). The quantitative estimate of drug-likeness (QED) is 0.354. The second kappa shape index (κ2) is 5.99. The largest absolute Gasteiger partial charge is 0.493 e. The van der Waals surface area contributed by atoms with Crippen molar-refractivity contribution in [2.45, 2.75) is 84.8 Å². The number of hydrogen-bond donors (Lipinski definition) is 0. The van der Waals surface area contributed by atoms with Crippen LogP contribution in [0.2, 0.25) is 0 Å². The van der Waals surface area contributed by atoms with E-state index in [1.807, 2.05) is 0 Å². The highest BCUT2D eigenvalue weighted by Crippen LogP contribution is 2.66. The molecule has 0 spiro atoms. The molecule has 3 aliphatic carbocycles. The highest BCUT2D eigenvalue weighted by molar-refractivity contribution is 5.92. The molecule has 0 aromatic heterocycles. The van der Waals surface area contributed by atoms with Crippen molar-refractivity contribution < 1.29 is 14.3 Å². The van der Waals surface area contributed by atoms with Gasteiger partial charge < -0.3 is 9.47 Å². The zero-order valence-electron chi connectivity index (χ0n) is 17.6. The van der Waals surface area contributed by atoms with Gasteiger partial charge in [0, 0.05) is 12.3 Å².